The topological polar surface area (TPSA) is 33.7 Å². The molecular weight excluding hydrogens is 252 g/mol. The predicted molar refractivity (Wildman–Crippen MR) is 79.8 cm³/mol. The van der Waals surface area contributed by atoms with Gasteiger partial charge in [-0.2, -0.15) is 0 Å². The summed E-state index contributed by atoms with van der Waals surface area (Å²) in [6.45, 7) is 4.28. The van der Waals surface area contributed by atoms with E-state index in [-0.39, 0.29) is 6.10 Å². The van der Waals surface area contributed by atoms with Crippen LogP contribution in [-0.4, -0.2) is 51.3 Å². The molecule has 2 unspecified atom stereocenters. The van der Waals surface area contributed by atoms with E-state index in [4.69, 9.17) is 9.47 Å². The van der Waals surface area contributed by atoms with Crippen LogP contribution in [0.15, 0.2) is 18.2 Å². The van der Waals surface area contributed by atoms with Gasteiger partial charge in [0.25, 0.3) is 0 Å². The van der Waals surface area contributed by atoms with Crippen LogP contribution in [0.25, 0.3) is 0 Å². The van der Waals surface area contributed by atoms with E-state index in [2.05, 4.69) is 35.5 Å². The zero-order valence-corrected chi connectivity index (χ0v) is 12.4. The van der Waals surface area contributed by atoms with Crippen molar-refractivity contribution in [1.29, 1.82) is 0 Å². The minimum absolute atomic E-state index is 0.285. The van der Waals surface area contributed by atoms with Gasteiger partial charge in [-0.15, -0.1) is 0 Å². The molecule has 2 heterocycles. The molecule has 1 aromatic carbocycles. The first-order chi connectivity index (χ1) is 9.76. The minimum Gasteiger partial charge on any atom is -0.493 e. The lowest BCUT2D eigenvalue weighted by atomic mass is 9.98. The molecule has 20 heavy (non-hydrogen) atoms. The van der Waals surface area contributed by atoms with Gasteiger partial charge in [0.1, 0.15) is 6.10 Å². The molecule has 2 fully saturated rings. The van der Waals surface area contributed by atoms with Gasteiger partial charge in [-0.1, -0.05) is 6.07 Å². The Morgan fingerprint density at radius 1 is 1.25 bits per heavy atom. The second-order valence-corrected chi connectivity index (χ2v) is 5.89. The Morgan fingerprint density at radius 2 is 2.15 bits per heavy atom. The Balaban J connectivity index is 1.73. The van der Waals surface area contributed by atoms with Gasteiger partial charge in [-0.25, -0.2) is 0 Å². The van der Waals surface area contributed by atoms with E-state index < -0.39 is 0 Å². The summed E-state index contributed by atoms with van der Waals surface area (Å²) in [5, 5.41) is 3.41. The number of hydrogen-bond donors (Lipinski definition) is 1. The van der Waals surface area contributed by atoms with Crippen molar-refractivity contribution in [3.63, 3.8) is 0 Å². The molecular formula is C16H24N2O2. The normalized spacial score (nSPS) is 26.9. The van der Waals surface area contributed by atoms with E-state index >= 15 is 0 Å². The summed E-state index contributed by atoms with van der Waals surface area (Å²) in [5.74, 6) is 2.35. The average Bonchev–Trinajstić information content (AvgIpc) is 3.11. The van der Waals surface area contributed by atoms with Crippen molar-refractivity contribution >= 4 is 0 Å². The third-order valence-electron chi connectivity index (χ3n) is 4.36. The summed E-state index contributed by atoms with van der Waals surface area (Å²) in [5.41, 5.74) is 1.35. The molecule has 110 valence electrons. The maximum atomic E-state index is 6.10. The number of hydrogen-bond acceptors (Lipinski definition) is 4. The van der Waals surface area contributed by atoms with Gasteiger partial charge >= 0.3 is 0 Å². The van der Waals surface area contributed by atoms with Gasteiger partial charge < -0.3 is 19.7 Å². The molecule has 0 bridgehead atoms. The highest BCUT2D eigenvalue weighted by molar-refractivity contribution is 5.44. The molecule has 2 atom stereocenters. The van der Waals surface area contributed by atoms with Gasteiger partial charge in [0.15, 0.2) is 11.5 Å². The van der Waals surface area contributed by atoms with Gasteiger partial charge in [0, 0.05) is 19.6 Å². The summed E-state index contributed by atoms with van der Waals surface area (Å²) in [7, 11) is 3.86. The third-order valence-corrected chi connectivity index (χ3v) is 4.36. The number of nitrogens with zero attached hydrogens (tertiary/aromatic N) is 1. The Hall–Kier alpha value is -1.26. The van der Waals surface area contributed by atoms with Crippen molar-refractivity contribution < 1.29 is 9.47 Å². The van der Waals surface area contributed by atoms with Crippen molar-refractivity contribution in [1.82, 2.24) is 10.2 Å². The van der Waals surface area contributed by atoms with Crippen LogP contribution in [0.3, 0.4) is 0 Å². The summed E-state index contributed by atoms with van der Waals surface area (Å²) in [6.07, 6.45) is 2.58. The Kier molecular flexibility index (Phi) is 4.13. The number of ether oxygens (including phenoxy) is 2. The molecule has 2 aliphatic rings. The van der Waals surface area contributed by atoms with Crippen LogP contribution in [0.4, 0.5) is 0 Å². The first kappa shape index (κ1) is 13.7. The molecule has 4 heteroatoms. The van der Waals surface area contributed by atoms with E-state index in [1.54, 1.807) is 7.11 Å². The highest BCUT2D eigenvalue weighted by atomic mass is 16.5. The van der Waals surface area contributed by atoms with Crippen molar-refractivity contribution in [2.75, 3.05) is 40.3 Å². The molecule has 0 aliphatic carbocycles. The first-order valence-corrected chi connectivity index (χ1v) is 7.50. The van der Waals surface area contributed by atoms with Crippen LogP contribution in [0.2, 0.25) is 0 Å². The van der Waals surface area contributed by atoms with Crippen LogP contribution >= 0.6 is 0 Å². The highest BCUT2D eigenvalue weighted by Crippen LogP contribution is 2.34. The van der Waals surface area contributed by atoms with Crippen molar-refractivity contribution in [2.24, 2.45) is 0 Å². The third kappa shape index (κ3) is 2.91. The predicted octanol–water partition coefficient (Wildman–Crippen LogP) is 1.85. The monoisotopic (exact) mass is 276 g/mol. The maximum absolute atomic E-state index is 6.10. The van der Waals surface area contributed by atoms with Crippen LogP contribution in [0.1, 0.15) is 24.3 Å². The smallest absolute Gasteiger partial charge is 0.161 e. The van der Waals surface area contributed by atoms with Gasteiger partial charge in [-0.3, -0.25) is 0 Å². The molecule has 3 rings (SSSR count). The molecule has 0 aromatic heterocycles. The maximum Gasteiger partial charge on any atom is 0.161 e. The second kappa shape index (κ2) is 6.02. The number of likely N-dealkylation sites (N-methyl/N-ethyl adjacent to an activating group) is 1. The van der Waals surface area contributed by atoms with E-state index in [1.165, 1.54) is 12.0 Å². The van der Waals surface area contributed by atoms with E-state index in [9.17, 15) is 0 Å². The number of benzene rings is 1. The molecule has 2 aliphatic heterocycles. The lowest BCUT2D eigenvalue weighted by Gasteiger charge is -2.18. The molecule has 1 aromatic rings. The lowest BCUT2D eigenvalue weighted by Crippen LogP contribution is -2.21. The average molecular weight is 276 g/mol. The van der Waals surface area contributed by atoms with Crippen molar-refractivity contribution in [2.45, 2.75) is 24.9 Å². The lowest BCUT2D eigenvalue weighted by molar-refractivity contribution is 0.199. The Morgan fingerprint density at radius 3 is 2.80 bits per heavy atom. The zero-order valence-electron chi connectivity index (χ0n) is 12.4. The SMILES string of the molecule is COc1cc(C2CCNC2)ccc1OC1CCN(C)C1. The van der Waals surface area contributed by atoms with Crippen LogP contribution < -0.4 is 14.8 Å². The molecule has 4 nitrogen and oxygen atoms in total. The Labute approximate surface area is 121 Å². The van der Waals surface area contributed by atoms with Gasteiger partial charge in [0.2, 0.25) is 0 Å². The summed E-state index contributed by atoms with van der Waals surface area (Å²) >= 11 is 0. The fourth-order valence-corrected chi connectivity index (χ4v) is 3.14. The fraction of sp³-hybridized carbons (Fsp3) is 0.625. The second-order valence-electron chi connectivity index (χ2n) is 5.89. The molecule has 0 saturated carbocycles. The summed E-state index contributed by atoms with van der Waals surface area (Å²) < 4.78 is 11.6. The van der Waals surface area contributed by atoms with E-state index in [1.807, 2.05) is 0 Å². The molecule has 0 spiro atoms. The molecule has 0 amide bonds. The van der Waals surface area contributed by atoms with E-state index in [0.29, 0.717) is 5.92 Å². The van der Waals surface area contributed by atoms with E-state index in [0.717, 1.165) is 44.1 Å². The number of rotatable bonds is 4. The largest absolute Gasteiger partial charge is 0.493 e. The highest BCUT2D eigenvalue weighted by Gasteiger charge is 2.23. The van der Waals surface area contributed by atoms with Crippen LogP contribution in [0.5, 0.6) is 11.5 Å². The fourth-order valence-electron chi connectivity index (χ4n) is 3.14. The summed E-state index contributed by atoms with van der Waals surface area (Å²) in [6, 6.07) is 6.41. The van der Waals surface area contributed by atoms with Gasteiger partial charge in [0.05, 0.1) is 7.11 Å². The molecule has 0 radical (unpaired) electrons. The number of likely N-dealkylation sites (tertiary alicyclic amines) is 1. The standard InChI is InChI=1S/C16H24N2O2/c1-18-8-6-14(11-18)20-15-4-3-12(9-16(15)19-2)13-5-7-17-10-13/h3-4,9,13-14,17H,5-8,10-11H2,1-2H3. The molecule has 1 N–H and O–H groups in total. The first-order valence-electron chi connectivity index (χ1n) is 7.50. The number of methoxy groups -OCH3 is 1. The van der Waals surface area contributed by atoms with Crippen molar-refractivity contribution in [3.8, 4) is 11.5 Å². The van der Waals surface area contributed by atoms with Crippen LogP contribution in [0, 0.1) is 0 Å². The van der Waals surface area contributed by atoms with Crippen LogP contribution in [-0.2, 0) is 0 Å². The van der Waals surface area contributed by atoms with Gasteiger partial charge in [-0.05, 0) is 50.0 Å². The van der Waals surface area contributed by atoms with Crippen molar-refractivity contribution in [3.05, 3.63) is 23.8 Å². The Bertz CT molecular complexity index is 458. The zero-order chi connectivity index (χ0) is 13.9. The quantitative estimate of drug-likeness (QED) is 0.910. The number of nitrogens with one attached hydrogen (secondary N) is 1. The molecule has 2 saturated heterocycles. The minimum atomic E-state index is 0.285. The summed E-state index contributed by atoms with van der Waals surface area (Å²) in [4.78, 5) is 2.30.